The highest BCUT2D eigenvalue weighted by molar-refractivity contribution is 6.17. The maximum absolute atomic E-state index is 2.30. The quantitative estimate of drug-likeness (QED) is 0.280. The van der Waals surface area contributed by atoms with Crippen molar-refractivity contribution >= 4 is 32.3 Å². The fourth-order valence-electron chi connectivity index (χ4n) is 3.93. The normalized spacial score (nSPS) is 11.5. The number of benzene rings is 5. The predicted molar refractivity (Wildman–Crippen MR) is 114 cm³/mol. The minimum Gasteiger partial charge on any atom is -0.0587 e. The minimum atomic E-state index is 1.27. The third-order valence-corrected chi connectivity index (χ3v) is 5.37. The molecule has 0 unspecified atom stereocenters. The Morgan fingerprint density at radius 2 is 0.885 bits per heavy atom. The Hall–Kier alpha value is -3.12. The molecule has 0 nitrogen and oxygen atoms in total. The minimum absolute atomic E-state index is 1.27. The summed E-state index contributed by atoms with van der Waals surface area (Å²) in [5.41, 5.74) is 5.14. The smallest absolute Gasteiger partial charge is 0.00990 e. The van der Waals surface area contributed by atoms with E-state index in [4.69, 9.17) is 0 Å². The largest absolute Gasteiger partial charge is 0.0587 e. The van der Waals surface area contributed by atoms with Crippen molar-refractivity contribution in [1.29, 1.82) is 0 Å². The second kappa shape index (κ2) is 5.71. The molecule has 0 atom stereocenters. The van der Waals surface area contributed by atoms with E-state index in [0.717, 1.165) is 0 Å². The van der Waals surface area contributed by atoms with Gasteiger partial charge >= 0.3 is 0 Å². The average Bonchev–Trinajstić information content (AvgIpc) is 2.67. The van der Waals surface area contributed by atoms with Crippen LogP contribution in [0.3, 0.4) is 0 Å². The Bertz CT molecular complexity index is 1270. The van der Waals surface area contributed by atoms with E-state index in [9.17, 15) is 0 Å². The Labute approximate surface area is 153 Å². The molecule has 0 N–H and O–H groups in total. The van der Waals surface area contributed by atoms with Gasteiger partial charge in [0, 0.05) is 0 Å². The van der Waals surface area contributed by atoms with E-state index in [1.807, 2.05) is 0 Å². The van der Waals surface area contributed by atoms with Crippen molar-refractivity contribution in [3.63, 3.8) is 0 Å². The Morgan fingerprint density at radius 3 is 1.58 bits per heavy atom. The molecule has 0 amide bonds. The molecule has 0 aromatic heterocycles. The number of aryl methyl sites for hydroxylation is 2. The van der Waals surface area contributed by atoms with E-state index < -0.39 is 0 Å². The molecular weight excluding hydrogens is 312 g/mol. The first-order valence-electron chi connectivity index (χ1n) is 9.12. The monoisotopic (exact) mass is 332 g/mol. The molecular formula is C26H20. The van der Waals surface area contributed by atoms with Gasteiger partial charge in [-0.2, -0.15) is 0 Å². The number of hydrogen-bond acceptors (Lipinski definition) is 0. The summed E-state index contributed by atoms with van der Waals surface area (Å²) in [6.07, 6.45) is 0. The zero-order valence-electron chi connectivity index (χ0n) is 15.1. The van der Waals surface area contributed by atoms with Crippen molar-refractivity contribution in [3.8, 4) is 11.1 Å². The topological polar surface area (TPSA) is 0 Å². The number of rotatable bonds is 1. The van der Waals surface area contributed by atoms with E-state index in [2.05, 4.69) is 98.8 Å². The molecule has 0 spiro atoms. The molecule has 26 heavy (non-hydrogen) atoms. The van der Waals surface area contributed by atoms with Crippen LogP contribution in [0.4, 0.5) is 0 Å². The molecule has 0 aliphatic heterocycles. The van der Waals surface area contributed by atoms with Crippen LogP contribution in [0.15, 0.2) is 84.9 Å². The fourth-order valence-corrected chi connectivity index (χ4v) is 3.93. The second-order valence-electron chi connectivity index (χ2n) is 7.25. The Balaban J connectivity index is 1.75. The zero-order valence-corrected chi connectivity index (χ0v) is 15.1. The van der Waals surface area contributed by atoms with Crippen molar-refractivity contribution in [2.75, 3.05) is 0 Å². The van der Waals surface area contributed by atoms with Gasteiger partial charge in [-0.15, -0.1) is 0 Å². The van der Waals surface area contributed by atoms with Gasteiger partial charge in [0.15, 0.2) is 0 Å². The lowest BCUT2D eigenvalue weighted by atomic mass is 9.94. The Morgan fingerprint density at radius 1 is 0.385 bits per heavy atom. The van der Waals surface area contributed by atoms with Gasteiger partial charge in [-0.05, 0) is 63.4 Å². The lowest BCUT2D eigenvalue weighted by molar-refractivity contribution is 1.47. The van der Waals surface area contributed by atoms with Gasteiger partial charge in [0.2, 0.25) is 0 Å². The summed E-state index contributed by atoms with van der Waals surface area (Å²) in [4.78, 5) is 0. The standard InChI is InChI=1S/C26H20/c1-17-3-6-19(7-4-17)20-8-12-24-22(16-20)10-14-25-23-11-5-18(2)15-21(23)9-13-26(24)25/h3-16H,1-2H3. The predicted octanol–water partition coefficient (Wildman–Crippen LogP) is 7.43. The van der Waals surface area contributed by atoms with Crippen molar-refractivity contribution in [2.24, 2.45) is 0 Å². The van der Waals surface area contributed by atoms with E-state index in [1.165, 1.54) is 54.6 Å². The Kier molecular flexibility index (Phi) is 3.33. The molecule has 5 aromatic carbocycles. The molecule has 0 aliphatic rings. The molecule has 5 aromatic rings. The first-order chi connectivity index (χ1) is 12.7. The van der Waals surface area contributed by atoms with Crippen LogP contribution < -0.4 is 0 Å². The van der Waals surface area contributed by atoms with Gasteiger partial charge < -0.3 is 0 Å². The van der Waals surface area contributed by atoms with E-state index in [1.54, 1.807) is 0 Å². The SMILES string of the molecule is Cc1ccc(-c2ccc3c(ccc4c5ccc(C)cc5ccc34)c2)cc1. The summed E-state index contributed by atoms with van der Waals surface area (Å²) in [5, 5.41) is 7.92. The summed E-state index contributed by atoms with van der Waals surface area (Å²) >= 11 is 0. The molecule has 124 valence electrons. The highest BCUT2D eigenvalue weighted by Gasteiger charge is 2.06. The molecule has 0 fully saturated rings. The van der Waals surface area contributed by atoms with E-state index in [0.29, 0.717) is 0 Å². The van der Waals surface area contributed by atoms with Gasteiger partial charge in [-0.25, -0.2) is 0 Å². The number of hydrogen-bond donors (Lipinski definition) is 0. The fraction of sp³-hybridized carbons (Fsp3) is 0.0769. The first kappa shape index (κ1) is 15.2. The van der Waals surface area contributed by atoms with Gasteiger partial charge in [0.25, 0.3) is 0 Å². The molecule has 0 radical (unpaired) electrons. The highest BCUT2D eigenvalue weighted by Crippen LogP contribution is 2.33. The van der Waals surface area contributed by atoms with Crippen LogP contribution in [0, 0.1) is 13.8 Å². The van der Waals surface area contributed by atoms with Crippen LogP contribution in [0.25, 0.3) is 43.4 Å². The average molecular weight is 332 g/mol. The van der Waals surface area contributed by atoms with Gasteiger partial charge in [0.1, 0.15) is 0 Å². The molecule has 0 heterocycles. The second-order valence-corrected chi connectivity index (χ2v) is 7.25. The van der Waals surface area contributed by atoms with Gasteiger partial charge in [0.05, 0.1) is 0 Å². The molecule has 0 saturated carbocycles. The maximum Gasteiger partial charge on any atom is -0.00990 e. The van der Waals surface area contributed by atoms with Crippen molar-refractivity contribution < 1.29 is 0 Å². The lowest BCUT2D eigenvalue weighted by Gasteiger charge is -2.10. The highest BCUT2D eigenvalue weighted by atomic mass is 14.1. The van der Waals surface area contributed by atoms with E-state index >= 15 is 0 Å². The zero-order chi connectivity index (χ0) is 17.7. The summed E-state index contributed by atoms with van der Waals surface area (Å²) in [5.74, 6) is 0. The molecule has 0 aliphatic carbocycles. The van der Waals surface area contributed by atoms with Crippen LogP contribution in [-0.2, 0) is 0 Å². The molecule has 0 heteroatoms. The summed E-state index contributed by atoms with van der Waals surface area (Å²) in [7, 11) is 0. The molecule has 5 rings (SSSR count). The maximum atomic E-state index is 2.30. The van der Waals surface area contributed by atoms with Crippen LogP contribution in [-0.4, -0.2) is 0 Å². The summed E-state index contributed by atoms with van der Waals surface area (Å²) in [6, 6.07) is 31.3. The third-order valence-electron chi connectivity index (χ3n) is 5.37. The third kappa shape index (κ3) is 2.38. The summed E-state index contributed by atoms with van der Waals surface area (Å²) < 4.78 is 0. The van der Waals surface area contributed by atoms with Crippen LogP contribution in [0.5, 0.6) is 0 Å². The van der Waals surface area contributed by atoms with E-state index in [-0.39, 0.29) is 0 Å². The number of fused-ring (bicyclic) bond motifs is 5. The lowest BCUT2D eigenvalue weighted by Crippen LogP contribution is -1.84. The van der Waals surface area contributed by atoms with Crippen molar-refractivity contribution in [3.05, 3.63) is 96.1 Å². The molecule has 0 bridgehead atoms. The first-order valence-corrected chi connectivity index (χ1v) is 9.12. The van der Waals surface area contributed by atoms with Crippen LogP contribution in [0.1, 0.15) is 11.1 Å². The molecule has 0 saturated heterocycles. The van der Waals surface area contributed by atoms with Gasteiger partial charge in [-0.3, -0.25) is 0 Å². The van der Waals surface area contributed by atoms with Crippen molar-refractivity contribution in [1.82, 2.24) is 0 Å². The van der Waals surface area contributed by atoms with Crippen LogP contribution in [0.2, 0.25) is 0 Å². The van der Waals surface area contributed by atoms with Gasteiger partial charge in [-0.1, -0.05) is 90.0 Å². The summed E-state index contributed by atoms with van der Waals surface area (Å²) in [6.45, 7) is 4.28. The van der Waals surface area contributed by atoms with Crippen LogP contribution >= 0.6 is 0 Å². The van der Waals surface area contributed by atoms with Crippen molar-refractivity contribution in [2.45, 2.75) is 13.8 Å².